The maximum atomic E-state index is 12.3. The normalized spacial score (nSPS) is 38.6. The number of primary amides is 1. The molecule has 20 rings (SSSR count). The number of nitrogens with zero attached hydrogens (tertiary/aromatic N) is 9. The molecular weight excluding hydrogens is 1740 g/mol. The zero-order valence-electron chi connectivity index (χ0n) is 79.8. The van der Waals surface area contributed by atoms with Gasteiger partial charge >= 0.3 is 12.1 Å². The fourth-order valence-electron chi connectivity index (χ4n) is 31.1. The number of nitrogens with two attached hydrogens (primary N) is 3. The first kappa shape index (κ1) is 111. The summed E-state index contributed by atoms with van der Waals surface area (Å²) in [6.45, 7) is 30.0. The van der Waals surface area contributed by atoms with Crippen molar-refractivity contribution < 1.29 is 38.4 Å². The number of Topliss-reactive ketones (excluding diaryl/α,β-unsaturated/α-hetero) is 2. The first-order valence-corrected chi connectivity index (χ1v) is 51.6. The molecule has 22 nitrogen and oxygen atoms in total. The van der Waals surface area contributed by atoms with Crippen molar-refractivity contribution >= 4 is 113 Å². The van der Waals surface area contributed by atoms with Gasteiger partial charge in [0.15, 0.2) is 20.5 Å². The minimum atomic E-state index is -0.555. The van der Waals surface area contributed by atoms with Crippen LogP contribution in [-0.4, -0.2) is 158 Å². The first-order chi connectivity index (χ1) is 59.9. The molecule has 12 aliphatic carbocycles. The summed E-state index contributed by atoms with van der Waals surface area (Å²) in [6, 6.07) is 0.729. The minimum absolute atomic E-state index is 0. The number of aromatic nitrogens is 4. The highest BCUT2D eigenvalue weighted by Crippen LogP contribution is 2.73. The van der Waals surface area contributed by atoms with Crippen molar-refractivity contribution in [2.24, 2.45) is 120 Å². The number of thiazole rings is 4. The number of rotatable bonds is 6. The van der Waals surface area contributed by atoms with Gasteiger partial charge in [0.25, 0.3) is 0 Å². The van der Waals surface area contributed by atoms with E-state index in [1.54, 1.807) is 48.1 Å². The van der Waals surface area contributed by atoms with Gasteiger partial charge in [-0.1, -0.05) is 145 Å². The van der Waals surface area contributed by atoms with Gasteiger partial charge in [-0.15, -0.1) is 45.3 Å². The lowest BCUT2D eigenvalue weighted by molar-refractivity contribution is -0.138. The van der Waals surface area contributed by atoms with Crippen molar-refractivity contribution in [3.05, 3.63) is 92.9 Å². The second-order valence-corrected chi connectivity index (χ2v) is 47.4. The summed E-state index contributed by atoms with van der Waals surface area (Å²) in [4.78, 5) is 120. The fourth-order valence-corrected chi connectivity index (χ4v) is 33.9. The molecule has 8 heterocycles. The number of carbonyl (C=O) groups is 8. The number of nitrogen functional groups attached to an aromatic ring is 2. The molecule has 0 radical (unpaired) electrons. The maximum absolute atomic E-state index is 12.3. The maximum Gasteiger partial charge on any atom is 0.323 e. The summed E-state index contributed by atoms with van der Waals surface area (Å²) in [5.74, 6) is 11.7. The van der Waals surface area contributed by atoms with E-state index < -0.39 is 6.03 Å². The van der Waals surface area contributed by atoms with Gasteiger partial charge in [0.1, 0.15) is 11.6 Å². The van der Waals surface area contributed by atoms with E-state index in [1.807, 2.05) is 72.1 Å². The average molecular weight is 1910 g/mol. The monoisotopic (exact) mass is 1910 g/mol. The van der Waals surface area contributed by atoms with Gasteiger partial charge < -0.3 is 51.3 Å². The summed E-state index contributed by atoms with van der Waals surface area (Å²) in [5.41, 5.74) is 23.6. The average Bonchev–Trinajstić information content (AvgIpc) is 1.65. The highest BCUT2D eigenvalue weighted by Gasteiger charge is 2.66. The van der Waals surface area contributed by atoms with Crippen molar-refractivity contribution in [2.75, 3.05) is 64.4 Å². The third-order valence-corrected chi connectivity index (χ3v) is 39.8. The van der Waals surface area contributed by atoms with E-state index in [-0.39, 0.29) is 118 Å². The lowest BCUT2D eigenvalue weighted by atomic mass is 9.47. The fraction of sp³-hybridized carbons (Fsp3) is 0.738. The Hall–Kier alpha value is -7.16. The second kappa shape index (κ2) is 43.1. The zero-order chi connectivity index (χ0) is 91.9. The Morgan fingerprint density at radius 1 is 0.368 bits per heavy atom. The zero-order valence-corrected chi connectivity index (χ0v) is 83.1. The summed E-state index contributed by atoms with van der Waals surface area (Å²) in [7, 11) is 11.5. The molecule has 4 aromatic heterocycles. The molecule has 12 fully saturated rings. The molecule has 4 aliphatic heterocycles. The molecule has 16 aliphatic rings. The topological polar surface area (TPSA) is 306 Å². The molecule has 8 unspecified atom stereocenters. The van der Waals surface area contributed by atoms with Gasteiger partial charge in [0.2, 0.25) is 23.6 Å². The Morgan fingerprint density at radius 3 is 0.812 bits per heavy atom. The van der Waals surface area contributed by atoms with Gasteiger partial charge in [0, 0.05) is 133 Å². The van der Waals surface area contributed by atoms with Crippen LogP contribution in [0.4, 0.5) is 30.1 Å². The SMILES string of the molecule is C.C.C.C.C.C.CC(C)=O.CC(C)=O.CCC.CN(C)C(=O)Nc1nc([C@H]2CC[C@H]3C4CC[C@H]5N(C)C(=O)C=C[C@]5(C)C4CC[C@]23C)cs1.CN1C(=O)C=C[C@]2(C)C3CC[C@]4(C)[C@@H](c5csc(N)n5)CC[C@H]4C3CC[C@@H]12.CN1C(=O)C=C[C@]2(C)C3CC[C@]4(C)[C@@H](c5csc(N)n5)CC[C@H]4C3CC[C@@H]12.CN1C(=O)C=C[C@]2(C)C3CC[C@]4(C)[C@@H](c5csc(NC(N)=O)n5)CC[C@H]4C3CC[C@@H]12. The number of hydrogen-bond donors (Lipinski definition) is 5. The smallest absolute Gasteiger partial charge is 0.323 e. The van der Waals surface area contributed by atoms with Crippen molar-refractivity contribution in [3.8, 4) is 0 Å². The molecule has 0 spiro atoms. The third-order valence-electron chi connectivity index (χ3n) is 36.9. The van der Waals surface area contributed by atoms with E-state index in [2.05, 4.69) is 136 Å². The molecule has 12 saturated carbocycles. The van der Waals surface area contributed by atoms with Crippen LogP contribution < -0.4 is 27.8 Å². The highest BCUT2D eigenvalue weighted by atomic mass is 32.1. The van der Waals surface area contributed by atoms with E-state index >= 15 is 0 Å². The van der Waals surface area contributed by atoms with Crippen molar-refractivity contribution in [1.29, 1.82) is 0 Å². The predicted octanol–water partition coefficient (Wildman–Crippen LogP) is 24.6. The van der Waals surface area contributed by atoms with Gasteiger partial charge in [-0.05, 0) is 299 Å². The Bertz CT molecular complexity index is 4700. The van der Waals surface area contributed by atoms with Gasteiger partial charge in [-0.2, -0.15) is 0 Å². The molecule has 0 aromatic carbocycles. The van der Waals surface area contributed by atoms with Crippen LogP contribution in [0.3, 0.4) is 0 Å². The summed E-state index contributed by atoms with van der Waals surface area (Å²) in [5, 5.41) is 16.9. The number of urea groups is 2. The standard InChI is InChI=1S/C25H36N4O2S.C23H32N4O2S.2C22H31N3OS.2C3H6O.C3H8.6CH4/c1-24-12-10-17-15(6-9-20-25(17,2)13-11-21(30)29(20)5)16(24)7-8-18(24)19-14-32-22(26-19)27-23(31)28(3)4;1-22-10-8-15-13(4-7-18-23(15,2)11-9-19(28)27(18)3)14(22)5-6-16(22)17-12-30-21(25-17)26-20(24)29;2*1-21-10-8-15-13(4-7-18-22(15,2)11-9-19(26)25(18)3)14(21)5-6-16(21)17-12-27-20(23)24-17;2*1-3(2)4;1-3-2;;;;;;/h11,13-18,20H,6-10,12H2,1-5H3,(H,26,27,31);9,11-16,18H,4-8,10H2,1-3H3,(H3,24,25,26,29);2*9,11-16,18H,4-8,10H2,1-3H3,(H2,23,24);2*1-2H3;3H2,1-2H3;6*1H4/t15?,16-,17?,18+,20+,24-,25+;13?,14-,15?,16+,18+,22-,23+;2*13?,14-,15?,16+,18+,21-,22+;;;;;;;;;/m0000........./s1. The number of amides is 8. The van der Waals surface area contributed by atoms with E-state index in [0.29, 0.717) is 121 Å². The van der Waals surface area contributed by atoms with Crippen LogP contribution in [0, 0.1) is 114 Å². The van der Waals surface area contributed by atoms with Crippen LogP contribution in [0.25, 0.3) is 0 Å². The Morgan fingerprint density at radius 2 is 0.594 bits per heavy atom. The van der Waals surface area contributed by atoms with Crippen LogP contribution in [0.5, 0.6) is 0 Å². The molecule has 8 amide bonds. The van der Waals surface area contributed by atoms with E-state index in [4.69, 9.17) is 27.2 Å². The molecule has 0 saturated heterocycles. The second-order valence-electron chi connectivity index (χ2n) is 43.9. The number of fused-ring (bicyclic) bond motifs is 20. The van der Waals surface area contributed by atoms with Gasteiger partial charge in [-0.3, -0.25) is 29.8 Å². The quantitative estimate of drug-likeness (QED) is 0.120. The number of hydrogen-bond acceptors (Lipinski definition) is 18. The van der Waals surface area contributed by atoms with Gasteiger partial charge in [0.05, 0.1) is 22.8 Å². The molecule has 28 atom stereocenters. The number of ketones is 2. The Labute approximate surface area is 817 Å². The largest absolute Gasteiger partial charge is 0.375 e. The lowest BCUT2D eigenvalue weighted by Crippen LogP contribution is -2.59. The van der Waals surface area contributed by atoms with Crippen LogP contribution in [0.1, 0.15) is 348 Å². The molecule has 4 aromatic rings. The minimum Gasteiger partial charge on any atom is -0.375 e. The van der Waals surface area contributed by atoms with Crippen molar-refractivity contribution in [2.45, 2.75) is 350 Å². The van der Waals surface area contributed by atoms with Crippen LogP contribution in [0.2, 0.25) is 0 Å². The van der Waals surface area contributed by atoms with Crippen LogP contribution >= 0.6 is 45.3 Å². The predicted molar refractivity (Wildman–Crippen MR) is 554 cm³/mol. The number of carbonyl (C=O) groups excluding carboxylic acids is 8. The highest BCUT2D eigenvalue weighted by molar-refractivity contribution is 7.14. The summed E-state index contributed by atoms with van der Waals surface area (Å²) in [6.07, 6.45) is 47.0. The van der Waals surface area contributed by atoms with Crippen molar-refractivity contribution in [3.63, 3.8) is 0 Å². The van der Waals surface area contributed by atoms with Crippen molar-refractivity contribution in [1.82, 2.24) is 44.4 Å². The Balaban J connectivity index is 0.000000207. The summed E-state index contributed by atoms with van der Waals surface area (Å²) < 4.78 is 0. The van der Waals surface area contributed by atoms with E-state index in [9.17, 15) is 38.4 Å². The number of anilines is 4. The van der Waals surface area contributed by atoms with E-state index in [1.165, 1.54) is 190 Å². The molecule has 0 bridgehead atoms. The summed E-state index contributed by atoms with van der Waals surface area (Å²) >= 11 is 6.19. The number of likely N-dealkylation sites (N-methyl/N-ethyl adjacent to an activating group) is 4. The Kier molecular flexibility index (Phi) is 36.0. The first-order valence-electron chi connectivity index (χ1n) is 48.1. The van der Waals surface area contributed by atoms with E-state index in [0.717, 1.165) is 66.7 Å². The third kappa shape index (κ3) is 20.3. The van der Waals surface area contributed by atoms with Crippen LogP contribution in [0.15, 0.2) is 70.1 Å². The molecular formula is C107H174N14O8S4. The molecule has 26 heteroatoms. The molecule has 744 valence electrons. The lowest BCUT2D eigenvalue weighted by Gasteiger charge is -2.60. The van der Waals surface area contributed by atoms with Crippen LogP contribution in [-0.2, 0) is 28.8 Å². The van der Waals surface area contributed by atoms with Gasteiger partial charge in [-0.25, -0.2) is 29.5 Å². The number of nitrogens with one attached hydrogen (secondary N) is 2. The molecule has 133 heavy (non-hydrogen) atoms. The molecule has 8 N–H and O–H groups in total.